The highest BCUT2D eigenvalue weighted by molar-refractivity contribution is 5.87. The molecule has 0 spiro atoms. The number of piperazine rings is 1. The first kappa shape index (κ1) is 23.0. The topological polar surface area (TPSA) is 95.7 Å². The van der Waals surface area contributed by atoms with Gasteiger partial charge in [-0.15, -0.1) is 0 Å². The van der Waals surface area contributed by atoms with Crippen molar-refractivity contribution in [2.75, 3.05) is 37.8 Å². The Bertz CT molecular complexity index is 1370. The molecule has 0 radical (unpaired) electrons. The number of nitriles is 1. The van der Waals surface area contributed by atoms with Gasteiger partial charge in [-0.2, -0.15) is 10.4 Å². The zero-order chi connectivity index (χ0) is 24.6. The maximum Gasteiger partial charge on any atom is 0.168 e. The van der Waals surface area contributed by atoms with Crippen molar-refractivity contribution in [3.8, 4) is 28.5 Å². The third-order valence-electron chi connectivity index (χ3n) is 6.08. The van der Waals surface area contributed by atoms with E-state index in [1.165, 1.54) is 0 Å². The Morgan fingerprint density at radius 1 is 1.09 bits per heavy atom. The zero-order valence-corrected chi connectivity index (χ0v) is 20.5. The molecular weight excluding hydrogens is 442 g/mol. The van der Waals surface area contributed by atoms with Crippen LogP contribution < -0.4 is 4.90 Å². The second-order valence-electron chi connectivity index (χ2n) is 9.83. The van der Waals surface area contributed by atoms with Crippen LogP contribution in [0.15, 0.2) is 47.4 Å². The maximum atomic E-state index is 9.64. The molecule has 35 heavy (non-hydrogen) atoms. The summed E-state index contributed by atoms with van der Waals surface area (Å²) in [4.78, 5) is 9.39. The van der Waals surface area contributed by atoms with Gasteiger partial charge < -0.3 is 14.2 Å². The molecule has 180 valence electrons. The van der Waals surface area contributed by atoms with Crippen molar-refractivity contribution in [3.63, 3.8) is 0 Å². The fraction of sp³-hybridized carbons (Fsp3) is 0.385. The quantitative estimate of drug-likeness (QED) is 0.429. The van der Waals surface area contributed by atoms with E-state index in [-0.39, 0.29) is 5.60 Å². The molecule has 4 aromatic heterocycles. The van der Waals surface area contributed by atoms with E-state index in [2.05, 4.69) is 53.0 Å². The summed E-state index contributed by atoms with van der Waals surface area (Å²) in [6.45, 7) is 12.4. The summed E-state index contributed by atoms with van der Waals surface area (Å²) in [7, 11) is 0. The van der Waals surface area contributed by atoms with Crippen LogP contribution in [0.25, 0.3) is 28.0 Å². The van der Waals surface area contributed by atoms with E-state index in [0.717, 1.165) is 59.9 Å². The van der Waals surface area contributed by atoms with E-state index in [0.29, 0.717) is 18.1 Å². The lowest BCUT2D eigenvalue weighted by molar-refractivity contribution is -0.0644. The van der Waals surface area contributed by atoms with Crippen LogP contribution in [0.2, 0.25) is 0 Å². The molecule has 0 saturated carbocycles. The number of ether oxygens (including phenoxy) is 1. The Balaban J connectivity index is 1.39. The molecule has 0 unspecified atom stereocenters. The summed E-state index contributed by atoms with van der Waals surface area (Å²) in [5, 5.41) is 18.0. The van der Waals surface area contributed by atoms with E-state index < -0.39 is 0 Å². The summed E-state index contributed by atoms with van der Waals surface area (Å²) in [5.74, 6) is 1.59. The highest BCUT2D eigenvalue weighted by Crippen LogP contribution is 2.32. The van der Waals surface area contributed by atoms with E-state index in [9.17, 15) is 5.26 Å². The molecule has 4 aromatic rings. The Labute approximate surface area is 204 Å². The van der Waals surface area contributed by atoms with Gasteiger partial charge in [-0.1, -0.05) is 5.16 Å². The molecule has 1 saturated heterocycles. The highest BCUT2D eigenvalue weighted by Gasteiger charge is 2.21. The standard InChI is InChI=1S/C26H29N7O2/c1-18-11-23(35-30-18)20-12-22(25-21(13-27)15-29-33(25)16-20)19-5-6-24(28-14-19)32-9-7-31(8-10-32)17-34-26(2,3)4/h5-6,11-12,14-16H,7-10,17H2,1-4H3. The lowest BCUT2D eigenvalue weighted by Gasteiger charge is -2.36. The SMILES string of the molecule is Cc1cc(-c2cc(-c3ccc(N4CCN(COC(C)(C)C)CC4)nc3)c3c(C#N)cnn3c2)on1. The van der Waals surface area contributed by atoms with Crippen LogP contribution >= 0.6 is 0 Å². The summed E-state index contributed by atoms with van der Waals surface area (Å²) in [5.41, 5.74) is 4.53. The van der Waals surface area contributed by atoms with Crippen molar-refractivity contribution in [1.29, 1.82) is 5.26 Å². The van der Waals surface area contributed by atoms with Gasteiger partial charge in [0.15, 0.2) is 5.76 Å². The number of aromatic nitrogens is 4. The minimum atomic E-state index is -0.134. The van der Waals surface area contributed by atoms with E-state index in [4.69, 9.17) is 14.2 Å². The van der Waals surface area contributed by atoms with Gasteiger partial charge in [0.1, 0.15) is 11.9 Å². The Kier molecular flexibility index (Phi) is 6.01. The number of pyridine rings is 2. The van der Waals surface area contributed by atoms with Crippen molar-refractivity contribution < 1.29 is 9.26 Å². The largest absolute Gasteiger partial charge is 0.360 e. The molecule has 0 bridgehead atoms. The van der Waals surface area contributed by atoms with Gasteiger partial charge in [-0.05, 0) is 45.9 Å². The Morgan fingerprint density at radius 3 is 2.51 bits per heavy atom. The average Bonchev–Trinajstić information content (AvgIpc) is 3.48. The first-order chi connectivity index (χ1) is 16.8. The molecule has 0 atom stereocenters. The van der Waals surface area contributed by atoms with Gasteiger partial charge in [0.25, 0.3) is 0 Å². The normalized spacial score (nSPS) is 15.0. The predicted molar refractivity (Wildman–Crippen MR) is 133 cm³/mol. The first-order valence-electron chi connectivity index (χ1n) is 11.7. The van der Waals surface area contributed by atoms with Crippen LogP contribution in [0.3, 0.4) is 0 Å². The third kappa shape index (κ3) is 4.90. The lowest BCUT2D eigenvalue weighted by Crippen LogP contribution is -2.48. The van der Waals surface area contributed by atoms with Gasteiger partial charge >= 0.3 is 0 Å². The molecule has 1 aliphatic heterocycles. The molecule has 5 rings (SSSR count). The monoisotopic (exact) mass is 471 g/mol. The number of anilines is 1. The van der Waals surface area contributed by atoms with Gasteiger partial charge in [0, 0.05) is 61.3 Å². The van der Waals surface area contributed by atoms with Crippen molar-refractivity contribution >= 4 is 11.3 Å². The number of hydrogen-bond acceptors (Lipinski definition) is 8. The van der Waals surface area contributed by atoms with Gasteiger partial charge in [-0.3, -0.25) is 4.90 Å². The summed E-state index contributed by atoms with van der Waals surface area (Å²) in [6.07, 6.45) is 5.30. The second kappa shape index (κ2) is 9.13. The number of aryl methyl sites for hydroxylation is 1. The third-order valence-corrected chi connectivity index (χ3v) is 6.08. The number of fused-ring (bicyclic) bond motifs is 1. The molecular formula is C26H29N7O2. The Hall–Kier alpha value is -3.74. The van der Waals surface area contributed by atoms with Gasteiger partial charge in [0.05, 0.1) is 35.3 Å². The minimum Gasteiger partial charge on any atom is -0.360 e. The minimum absolute atomic E-state index is 0.134. The van der Waals surface area contributed by atoms with E-state index in [1.807, 2.05) is 37.5 Å². The molecule has 0 aromatic carbocycles. The van der Waals surface area contributed by atoms with Crippen molar-refractivity contribution in [2.45, 2.75) is 33.3 Å². The predicted octanol–water partition coefficient (Wildman–Crippen LogP) is 4.13. The van der Waals surface area contributed by atoms with E-state index in [1.54, 1.807) is 10.7 Å². The van der Waals surface area contributed by atoms with Crippen molar-refractivity contribution in [3.05, 3.63) is 54.1 Å². The molecule has 0 N–H and O–H groups in total. The lowest BCUT2D eigenvalue weighted by atomic mass is 10.0. The molecule has 5 heterocycles. The molecule has 1 fully saturated rings. The van der Waals surface area contributed by atoms with Crippen LogP contribution in [0.4, 0.5) is 5.82 Å². The summed E-state index contributed by atoms with van der Waals surface area (Å²) in [6, 6.07) is 10.2. The average molecular weight is 472 g/mol. The molecule has 9 heteroatoms. The second-order valence-corrected chi connectivity index (χ2v) is 9.83. The molecule has 0 amide bonds. The number of hydrogen-bond donors (Lipinski definition) is 0. The molecule has 0 aliphatic carbocycles. The Morgan fingerprint density at radius 2 is 1.89 bits per heavy atom. The fourth-order valence-corrected chi connectivity index (χ4v) is 4.18. The summed E-state index contributed by atoms with van der Waals surface area (Å²) < 4.78 is 13.1. The van der Waals surface area contributed by atoms with Crippen molar-refractivity contribution in [1.82, 2.24) is 24.7 Å². The fourth-order valence-electron chi connectivity index (χ4n) is 4.18. The van der Waals surface area contributed by atoms with Crippen LogP contribution in [-0.4, -0.2) is 63.2 Å². The number of rotatable bonds is 5. The van der Waals surface area contributed by atoms with Crippen LogP contribution in [0.1, 0.15) is 32.0 Å². The maximum absolute atomic E-state index is 9.64. The van der Waals surface area contributed by atoms with Crippen LogP contribution in [0, 0.1) is 18.3 Å². The number of nitrogens with zero attached hydrogens (tertiary/aromatic N) is 7. The van der Waals surface area contributed by atoms with Crippen molar-refractivity contribution in [2.24, 2.45) is 0 Å². The molecule has 9 nitrogen and oxygen atoms in total. The van der Waals surface area contributed by atoms with Gasteiger partial charge in [0.2, 0.25) is 0 Å². The van der Waals surface area contributed by atoms with E-state index >= 15 is 0 Å². The smallest absolute Gasteiger partial charge is 0.168 e. The van der Waals surface area contributed by atoms with Gasteiger partial charge in [-0.25, -0.2) is 9.50 Å². The van der Waals surface area contributed by atoms with Crippen LogP contribution in [-0.2, 0) is 4.74 Å². The molecule has 1 aliphatic rings. The zero-order valence-electron chi connectivity index (χ0n) is 20.5. The summed E-state index contributed by atoms with van der Waals surface area (Å²) >= 11 is 0. The highest BCUT2D eigenvalue weighted by atomic mass is 16.5. The van der Waals surface area contributed by atoms with Crippen LogP contribution in [0.5, 0.6) is 0 Å². The first-order valence-corrected chi connectivity index (χ1v) is 11.7.